The van der Waals surface area contributed by atoms with Gasteiger partial charge in [-0.05, 0) is 6.92 Å². The maximum absolute atomic E-state index is 8.52. The fourth-order valence-electron chi connectivity index (χ4n) is 0. The van der Waals surface area contributed by atoms with E-state index in [9.17, 15) is 0 Å². The molecule has 0 aliphatic heterocycles. The molecule has 50 valence electrons. The van der Waals surface area contributed by atoms with Crippen molar-refractivity contribution in [2.24, 2.45) is 0 Å². The van der Waals surface area contributed by atoms with E-state index in [2.05, 4.69) is 6.58 Å². The molecular formula is C3H6MgO4S. The summed E-state index contributed by atoms with van der Waals surface area (Å²) in [6.45, 7) is 5.25. The molecule has 0 saturated carbocycles. The van der Waals surface area contributed by atoms with Gasteiger partial charge in [0.2, 0.25) is 0 Å². The Morgan fingerprint density at radius 2 is 1.44 bits per heavy atom. The summed E-state index contributed by atoms with van der Waals surface area (Å²) in [7, 11) is -5.17. The molecule has 0 aliphatic carbocycles. The molecule has 0 atom stereocenters. The molecule has 0 spiro atoms. The summed E-state index contributed by atoms with van der Waals surface area (Å²) in [5.74, 6) is 0. The largest absolute Gasteiger partial charge is 2.00 e. The van der Waals surface area contributed by atoms with Crippen LogP contribution in [0.3, 0.4) is 0 Å². The quantitative estimate of drug-likeness (QED) is 0.208. The van der Waals surface area contributed by atoms with Crippen molar-refractivity contribution < 1.29 is 17.5 Å². The summed E-state index contributed by atoms with van der Waals surface area (Å²) in [5.41, 5.74) is 0. The molecule has 6 heteroatoms. The van der Waals surface area contributed by atoms with Gasteiger partial charge in [0.25, 0.3) is 0 Å². The van der Waals surface area contributed by atoms with Crippen molar-refractivity contribution in [2.45, 2.75) is 6.92 Å². The predicted octanol–water partition coefficient (Wildman–Crippen LogP) is -0.526. The summed E-state index contributed by atoms with van der Waals surface area (Å²) in [6.07, 6.45) is 1.75. The number of allylic oxidation sites excluding steroid dienone is 1. The molecule has 9 heavy (non-hydrogen) atoms. The van der Waals surface area contributed by atoms with Crippen LogP contribution in [0.1, 0.15) is 6.92 Å². The van der Waals surface area contributed by atoms with E-state index in [1.807, 2.05) is 6.92 Å². The number of hydrogen-bond donors (Lipinski definition) is 0. The van der Waals surface area contributed by atoms with Gasteiger partial charge in [-0.2, -0.15) is 0 Å². The Hall–Kier alpha value is 0.376. The van der Waals surface area contributed by atoms with Crippen LogP contribution in [0.5, 0.6) is 0 Å². The van der Waals surface area contributed by atoms with Gasteiger partial charge >= 0.3 is 23.1 Å². The van der Waals surface area contributed by atoms with Crippen molar-refractivity contribution in [1.29, 1.82) is 0 Å². The summed E-state index contributed by atoms with van der Waals surface area (Å²) in [6, 6.07) is 0. The van der Waals surface area contributed by atoms with Gasteiger partial charge in [-0.1, -0.05) is 6.08 Å². The molecule has 0 aromatic carbocycles. The van der Waals surface area contributed by atoms with Crippen LogP contribution < -0.4 is 0 Å². The minimum atomic E-state index is -5.17. The molecule has 0 heterocycles. The molecule has 0 unspecified atom stereocenters. The van der Waals surface area contributed by atoms with Gasteiger partial charge in [-0.15, -0.1) is 6.58 Å². The molecule has 0 N–H and O–H groups in total. The Bertz CT molecular complexity index is 130. The fraction of sp³-hybridized carbons (Fsp3) is 0.333. The average Bonchev–Trinajstić information content (AvgIpc) is 1.27. The van der Waals surface area contributed by atoms with Crippen molar-refractivity contribution in [2.75, 3.05) is 0 Å². The maximum Gasteiger partial charge on any atom is 2.00 e. The van der Waals surface area contributed by atoms with E-state index in [4.69, 9.17) is 17.5 Å². The third kappa shape index (κ3) is 2410. The minimum absolute atomic E-state index is 0. The van der Waals surface area contributed by atoms with Crippen LogP contribution in [0.2, 0.25) is 0 Å². The monoisotopic (exact) mass is 162 g/mol. The minimum Gasteiger partial charge on any atom is -0.759 e. The van der Waals surface area contributed by atoms with Crippen LogP contribution in [0.15, 0.2) is 12.7 Å². The molecule has 0 radical (unpaired) electrons. The third-order valence-corrected chi connectivity index (χ3v) is 0. The predicted molar refractivity (Wildman–Crippen MR) is 32.1 cm³/mol. The third-order valence-electron chi connectivity index (χ3n) is 0. The molecule has 0 rings (SSSR count). The Kier molecular flexibility index (Phi) is 15.1. The normalized spacial score (nSPS) is 7.89. The van der Waals surface area contributed by atoms with Crippen molar-refractivity contribution in [3.8, 4) is 0 Å². The van der Waals surface area contributed by atoms with E-state index < -0.39 is 10.4 Å². The van der Waals surface area contributed by atoms with Crippen LogP contribution in [0.4, 0.5) is 0 Å². The molecule has 4 nitrogen and oxygen atoms in total. The first-order valence-corrected chi connectivity index (χ1v) is 2.99. The second-order valence-electron chi connectivity index (χ2n) is 0.816. The van der Waals surface area contributed by atoms with E-state index in [0.717, 1.165) is 0 Å². The standard InChI is InChI=1S/C3H6.Mg.H2O4S/c1-3-2;;1-5(2,3)4/h3H,1H2,2H3;;(H2,1,2,3,4)/q;+2;/p-2. The van der Waals surface area contributed by atoms with Gasteiger partial charge in [-0.25, -0.2) is 0 Å². The Morgan fingerprint density at radius 3 is 1.44 bits per heavy atom. The van der Waals surface area contributed by atoms with Crippen LogP contribution in [0, 0.1) is 0 Å². The van der Waals surface area contributed by atoms with Crippen LogP contribution in [-0.4, -0.2) is 40.6 Å². The molecular weight excluding hydrogens is 156 g/mol. The molecule has 0 bridgehead atoms. The topological polar surface area (TPSA) is 80.3 Å². The van der Waals surface area contributed by atoms with Gasteiger partial charge < -0.3 is 9.11 Å². The van der Waals surface area contributed by atoms with Crippen molar-refractivity contribution >= 4 is 33.5 Å². The molecule has 0 aliphatic rings. The second kappa shape index (κ2) is 8.38. The van der Waals surface area contributed by atoms with Crippen molar-refractivity contribution in [3.05, 3.63) is 12.7 Å². The van der Waals surface area contributed by atoms with Crippen molar-refractivity contribution in [1.82, 2.24) is 0 Å². The van der Waals surface area contributed by atoms with Gasteiger partial charge in [0.1, 0.15) is 0 Å². The first-order chi connectivity index (χ1) is 3.41. The Balaban J connectivity index is -0.0000000800. The molecule has 0 fully saturated rings. The summed E-state index contributed by atoms with van der Waals surface area (Å²) < 4.78 is 34.1. The average molecular weight is 162 g/mol. The Labute approximate surface area is 70.7 Å². The van der Waals surface area contributed by atoms with Gasteiger partial charge in [0.05, 0.1) is 0 Å². The zero-order valence-electron chi connectivity index (χ0n) is 5.03. The summed E-state index contributed by atoms with van der Waals surface area (Å²) in [4.78, 5) is 0. The molecule has 0 saturated heterocycles. The zero-order chi connectivity index (χ0) is 7.21. The molecule has 0 aromatic rings. The van der Waals surface area contributed by atoms with Gasteiger partial charge in [-0.3, -0.25) is 8.42 Å². The number of hydrogen-bond acceptors (Lipinski definition) is 4. The van der Waals surface area contributed by atoms with E-state index in [1.165, 1.54) is 0 Å². The smallest absolute Gasteiger partial charge is 0.759 e. The van der Waals surface area contributed by atoms with E-state index >= 15 is 0 Å². The maximum atomic E-state index is 8.52. The molecule has 0 amide bonds. The van der Waals surface area contributed by atoms with E-state index in [-0.39, 0.29) is 23.1 Å². The molecule has 0 aromatic heterocycles. The van der Waals surface area contributed by atoms with Crippen LogP contribution >= 0.6 is 0 Å². The van der Waals surface area contributed by atoms with Crippen LogP contribution in [-0.2, 0) is 10.4 Å². The first kappa shape index (κ1) is 16.2. The van der Waals surface area contributed by atoms with Crippen molar-refractivity contribution in [3.63, 3.8) is 0 Å². The van der Waals surface area contributed by atoms with Crippen LogP contribution in [0.25, 0.3) is 0 Å². The Morgan fingerprint density at radius 1 is 1.44 bits per heavy atom. The second-order valence-corrected chi connectivity index (χ2v) is 1.63. The van der Waals surface area contributed by atoms with Gasteiger partial charge in [0, 0.05) is 10.4 Å². The fourth-order valence-corrected chi connectivity index (χ4v) is 0. The zero-order valence-corrected chi connectivity index (χ0v) is 7.26. The van der Waals surface area contributed by atoms with Gasteiger partial charge in [0.15, 0.2) is 0 Å². The summed E-state index contributed by atoms with van der Waals surface area (Å²) >= 11 is 0. The summed E-state index contributed by atoms with van der Waals surface area (Å²) in [5, 5.41) is 0. The number of rotatable bonds is 0. The van der Waals surface area contributed by atoms with E-state index in [0.29, 0.717) is 0 Å². The first-order valence-electron chi connectivity index (χ1n) is 1.65. The SMILES string of the molecule is C=CC.O=S(=O)([O-])[O-].[Mg+2]. The van der Waals surface area contributed by atoms with E-state index in [1.54, 1.807) is 6.08 Å².